The molecule has 0 spiro atoms. The zero-order chi connectivity index (χ0) is 20.8. The summed E-state index contributed by atoms with van der Waals surface area (Å²) in [6, 6.07) is 10.00. The molecule has 0 bridgehead atoms. The Morgan fingerprint density at radius 3 is 2.50 bits per heavy atom. The normalized spacial score (nSPS) is 10.8. The lowest BCUT2D eigenvalue weighted by molar-refractivity contribution is -0.144. The van der Waals surface area contributed by atoms with Crippen LogP contribution in [-0.4, -0.2) is 24.2 Å². The number of carbonyl (C=O) groups excluding carboxylic acids is 2. The molecule has 0 aliphatic carbocycles. The molecule has 0 heterocycles. The Labute approximate surface area is 179 Å². The number of ether oxygens (including phenoxy) is 1. The maximum Gasteiger partial charge on any atom is 0.316 e. The molecule has 4 nitrogen and oxygen atoms in total. The van der Waals surface area contributed by atoms with Crippen LogP contribution in [0.25, 0.3) is 0 Å². The Kier molecular flexibility index (Phi) is 8.13. The number of para-hydroxylation sites is 1. The first-order chi connectivity index (χ1) is 13.2. The van der Waals surface area contributed by atoms with Crippen LogP contribution in [0.15, 0.2) is 39.7 Å². The summed E-state index contributed by atoms with van der Waals surface area (Å²) in [5.74, 6) is -0.289. The summed E-state index contributed by atoms with van der Waals surface area (Å²) < 4.78 is 6.20. The van der Waals surface area contributed by atoms with E-state index in [0.717, 1.165) is 37.3 Å². The largest absolute Gasteiger partial charge is 0.455 e. The van der Waals surface area contributed by atoms with Crippen LogP contribution in [0, 0.1) is 20.8 Å². The highest BCUT2D eigenvalue weighted by atomic mass is 79.9. The fraction of sp³-hybridized carbons (Fsp3) is 0.364. The number of hydrogen-bond acceptors (Lipinski definition) is 4. The Balaban J connectivity index is 1.88. The van der Waals surface area contributed by atoms with Crippen LogP contribution in [0.4, 0.5) is 5.69 Å². The van der Waals surface area contributed by atoms with Crippen molar-refractivity contribution in [3.8, 4) is 0 Å². The zero-order valence-corrected chi connectivity index (χ0v) is 19.3. The molecule has 1 N–H and O–H groups in total. The second-order valence-electron chi connectivity index (χ2n) is 7.06. The standard InChI is InChI=1S/C22H26BrNO3S/c1-13(2)17-8-6-7-14(3)22(17)24-20(25)11-27-21(26)12-28-19-10-15(4)18(23)9-16(19)5/h6-10,13H,11-12H2,1-5H3,(H,24,25). The van der Waals surface area contributed by atoms with Gasteiger partial charge in [0.15, 0.2) is 6.61 Å². The topological polar surface area (TPSA) is 55.4 Å². The van der Waals surface area contributed by atoms with Crippen molar-refractivity contribution in [2.45, 2.75) is 45.4 Å². The van der Waals surface area contributed by atoms with Gasteiger partial charge in [-0.15, -0.1) is 11.8 Å². The Morgan fingerprint density at radius 1 is 1.11 bits per heavy atom. The van der Waals surface area contributed by atoms with Crippen LogP contribution in [-0.2, 0) is 14.3 Å². The molecule has 0 aromatic heterocycles. The molecule has 6 heteroatoms. The van der Waals surface area contributed by atoms with Gasteiger partial charge in [0.05, 0.1) is 5.75 Å². The van der Waals surface area contributed by atoms with Gasteiger partial charge < -0.3 is 10.1 Å². The third kappa shape index (κ3) is 6.11. The van der Waals surface area contributed by atoms with E-state index in [0.29, 0.717) is 0 Å². The number of amides is 1. The van der Waals surface area contributed by atoms with Crippen molar-refractivity contribution in [3.05, 3.63) is 57.1 Å². The number of carbonyl (C=O) groups is 2. The first-order valence-corrected chi connectivity index (χ1v) is 10.9. The number of hydrogen-bond donors (Lipinski definition) is 1. The second-order valence-corrected chi connectivity index (χ2v) is 8.93. The van der Waals surface area contributed by atoms with Crippen LogP contribution in [0.5, 0.6) is 0 Å². The van der Waals surface area contributed by atoms with Crippen LogP contribution >= 0.6 is 27.7 Å². The third-order valence-corrected chi connectivity index (χ3v) is 6.34. The maximum atomic E-state index is 12.3. The molecule has 0 atom stereocenters. The van der Waals surface area contributed by atoms with E-state index in [2.05, 4.69) is 35.1 Å². The molecule has 0 saturated carbocycles. The van der Waals surface area contributed by atoms with Crippen LogP contribution in [0.3, 0.4) is 0 Å². The van der Waals surface area contributed by atoms with E-state index in [9.17, 15) is 9.59 Å². The van der Waals surface area contributed by atoms with Gasteiger partial charge >= 0.3 is 5.97 Å². The quantitative estimate of drug-likeness (QED) is 0.418. The summed E-state index contributed by atoms with van der Waals surface area (Å²) in [5, 5.41) is 2.88. The average molecular weight is 464 g/mol. The van der Waals surface area contributed by atoms with Gasteiger partial charge in [-0.1, -0.05) is 48.0 Å². The smallest absolute Gasteiger partial charge is 0.316 e. The Morgan fingerprint density at radius 2 is 1.82 bits per heavy atom. The number of nitrogens with one attached hydrogen (secondary N) is 1. The van der Waals surface area contributed by atoms with Gasteiger partial charge in [0.2, 0.25) is 0 Å². The highest BCUT2D eigenvalue weighted by Crippen LogP contribution is 2.29. The highest BCUT2D eigenvalue weighted by Gasteiger charge is 2.14. The molecule has 0 fully saturated rings. The number of benzene rings is 2. The Bertz CT molecular complexity index is 880. The van der Waals surface area contributed by atoms with E-state index in [1.54, 1.807) is 0 Å². The second kappa shape index (κ2) is 10.1. The van der Waals surface area contributed by atoms with Gasteiger partial charge in [-0.3, -0.25) is 9.59 Å². The van der Waals surface area contributed by atoms with Crippen molar-refractivity contribution in [3.63, 3.8) is 0 Å². The van der Waals surface area contributed by atoms with Crippen molar-refractivity contribution in [2.24, 2.45) is 0 Å². The number of rotatable bonds is 7. The van der Waals surface area contributed by atoms with Crippen LogP contribution in [0.1, 0.15) is 42.0 Å². The fourth-order valence-corrected chi connectivity index (χ4v) is 4.11. The zero-order valence-electron chi connectivity index (χ0n) is 16.9. The molecule has 0 unspecified atom stereocenters. The molecule has 28 heavy (non-hydrogen) atoms. The van der Waals surface area contributed by atoms with Crippen LogP contribution < -0.4 is 5.32 Å². The number of halogens is 1. The van der Waals surface area contributed by atoms with E-state index < -0.39 is 5.97 Å². The summed E-state index contributed by atoms with van der Waals surface area (Å²) in [5.41, 5.74) is 5.06. The first kappa shape index (κ1) is 22.5. The predicted molar refractivity (Wildman–Crippen MR) is 119 cm³/mol. The summed E-state index contributed by atoms with van der Waals surface area (Å²) in [6.45, 7) is 9.82. The number of anilines is 1. The minimum absolute atomic E-state index is 0.163. The van der Waals surface area contributed by atoms with Crippen molar-refractivity contribution in [2.75, 3.05) is 17.7 Å². The van der Waals surface area contributed by atoms with Crippen LogP contribution in [0.2, 0.25) is 0 Å². The van der Waals surface area contributed by atoms with E-state index in [-0.39, 0.29) is 24.2 Å². The van der Waals surface area contributed by atoms with Gasteiger partial charge in [-0.2, -0.15) is 0 Å². The van der Waals surface area contributed by atoms with Gasteiger partial charge in [-0.25, -0.2) is 0 Å². The van der Waals surface area contributed by atoms with Crippen molar-refractivity contribution < 1.29 is 14.3 Å². The van der Waals surface area contributed by atoms with E-state index in [4.69, 9.17) is 4.74 Å². The fourth-order valence-electron chi connectivity index (χ4n) is 2.75. The summed E-state index contributed by atoms with van der Waals surface area (Å²) in [6.07, 6.45) is 0. The summed E-state index contributed by atoms with van der Waals surface area (Å²) in [4.78, 5) is 25.3. The molecular formula is C22H26BrNO3S. The average Bonchev–Trinajstić information content (AvgIpc) is 2.63. The molecule has 1 amide bonds. The van der Waals surface area contributed by atoms with E-state index >= 15 is 0 Å². The summed E-state index contributed by atoms with van der Waals surface area (Å²) in [7, 11) is 0. The monoisotopic (exact) mass is 463 g/mol. The SMILES string of the molecule is Cc1cc(SCC(=O)OCC(=O)Nc2c(C)cccc2C(C)C)c(C)cc1Br. The number of esters is 1. The molecule has 0 aliphatic heterocycles. The van der Waals surface area contributed by atoms with Gasteiger partial charge in [0.25, 0.3) is 5.91 Å². The molecule has 0 saturated heterocycles. The summed E-state index contributed by atoms with van der Waals surface area (Å²) >= 11 is 4.92. The van der Waals surface area contributed by atoms with E-state index in [1.807, 2.05) is 51.1 Å². The maximum absolute atomic E-state index is 12.3. The minimum atomic E-state index is -0.408. The predicted octanol–water partition coefficient (Wildman–Crippen LogP) is 5.77. The van der Waals surface area contributed by atoms with Crippen molar-refractivity contribution in [1.82, 2.24) is 0 Å². The van der Waals surface area contributed by atoms with E-state index in [1.165, 1.54) is 11.8 Å². The molecule has 0 radical (unpaired) electrons. The molecule has 0 aliphatic rings. The number of aryl methyl sites for hydroxylation is 3. The van der Waals surface area contributed by atoms with Gasteiger partial charge in [0, 0.05) is 15.1 Å². The third-order valence-electron chi connectivity index (χ3n) is 4.36. The lowest BCUT2D eigenvalue weighted by Crippen LogP contribution is -2.22. The minimum Gasteiger partial charge on any atom is -0.455 e. The molecule has 2 aromatic carbocycles. The van der Waals surface area contributed by atoms with Crippen molar-refractivity contribution in [1.29, 1.82) is 0 Å². The highest BCUT2D eigenvalue weighted by molar-refractivity contribution is 9.10. The van der Waals surface area contributed by atoms with Crippen molar-refractivity contribution >= 4 is 45.3 Å². The number of thioether (sulfide) groups is 1. The van der Waals surface area contributed by atoms with Gasteiger partial charge in [0.1, 0.15) is 0 Å². The lowest BCUT2D eigenvalue weighted by Gasteiger charge is -2.16. The molecule has 2 rings (SSSR count). The molecule has 2 aromatic rings. The lowest BCUT2D eigenvalue weighted by atomic mass is 9.98. The first-order valence-electron chi connectivity index (χ1n) is 9.13. The molecule has 150 valence electrons. The molecular weight excluding hydrogens is 438 g/mol. The van der Waals surface area contributed by atoms with Gasteiger partial charge in [-0.05, 0) is 61.1 Å². The Hall–Kier alpha value is -1.79.